The smallest absolute Gasteiger partial charge is 0.254 e. The lowest BCUT2D eigenvalue weighted by Gasteiger charge is -2.21. The van der Waals surface area contributed by atoms with Gasteiger partial charge >= 0.3 is 0 Å². The summed E-state index contributed by atoms with van der Waals surface area (Å²) in [4.78, 5) is 15.5. The van der Waals surface area contributed by atoms with Crippen LogP contribution in [-0.2, 0) is 6.54 Å². The Kier molecular flexibility index (Phi) is 5.04. The molecule has 0 unspecified atom stereocenters. The van der Waals surface area contributed by atoms with E-state index in [1.807, 2.05) is 19.1 Å². The number of thiophene rings is 1. The van der Waals surface area contributed by atoms with Gasteiger partial charge < -0.3 is 10.6 Å². The van der Waals surface area contributed by atoms with E-state index in [0.717, 1.165) is 14.8 Å². The molecule has 110 valence electrons. The molecule has 0 aliphatic heterocycles. The van der Waals surface area contributed by atoms with Crippen LogP contribution in [0.15, 0.2) is 43.0 Å². The first-order valence-electron chi connectivity index (χ1n) is 6.52. The number of nitrogens with zero attached hydrogens (tertiary/aromatic N) is 1. The lowest BCUT2D eigenvalue weighted by molar-refractivity contribution is 0.0763. The summed E-state index contributed by atoms with van der Waals surface area (Å²) in [6.07, 6.45) is 1.72. The average Bonchev–Trinajstić information content (AvgIpc) is 2.86. The lowest BCUT2D eigenvalue weighted by atomic mass is 10.1. The van der Waals surface area contributed by atoms with E-state index in [9.17, 15) is 4.79 Å². The van der Waals surface area contributed by atoms with E-state index >= 15 is 0 Å². The van der Waals surface area contributed by atoms with E-state index in [1.165, 1.54) is 11.3 Å². The fourth-order valence-electron chi connectivity index (χ4n) is 2.06. The summed E-state index contributed by atoms with van der Waals surface area (Å²) < 4.78 is 0.719. The summed E-state index contributed by atoms with van der Waals surface area (Å²) in [6, 6.07) is 9.16. The molecule has 1 aromatic carbocycles. The second-order valence-corrected chi connectivity index (χ2v) is 6.50. The van der Waals surface area contributed by atoms with Crippen LogP contribution in [-0.4, -0.2) is 17.4 Å². The molecule has 0 spiro atoms. The monoisotopic (exact) mass is 320 g/mol. The summed E-state index contributed by atoms with van der Waals surface area (Å²) in [6.45, 7) is 6.57. The highest BCUT2D eigenvalue weighted by Crippen LogP contribution is 2.24. The minimum atomic E-state index is -0.0516. The van der Waals surface area contributed by atoms with Crippen molar-refractivity contribution in [3.63, 3.8) is 0 Å². The van der Waals surface area contributed by atoms with E-state index in [-0.39, 0.29) is 5.91 Å². The van der Waals surface area contributed by atoms with Crippen LogP contribution >= 0.6 is 22.9 Å². The Morgan fingerprint density at radius 3 is 2.81 bits per heavy atom. The number of nitrogen functional groups attached to an aromatic ring is 1. The second-order valence-electron chi connectivity index (χ2n) is 4.70. The number of anilines is 1. The molecule has 0 fully saturated rings. The molecule has 1 heterocycles. The molecule has 0 aliphatic carbocycles. The minimum absolute atomic E-state index is 0.0516. The van der Waals surface area contributed by atoms with Gasteiger partial charge in [0.1, 0.15) is 0 Å². The van der Waals surface area contributed by atoms with Crippen molar-refractivity contribution in [1.29, 1.82) is 0 Å². The number of benzene rings is 1. The lowest BCUT2D eigenvalue weighted by Crippen LogP contribution is -2.31. The molecular formula is C16H17ClN2OS. The van der Waals surface area contributed by atoms with E-state index in [0.29, 0.717) is 24.3 Å². The molecule has 0 saturated heterocycles. The highest BCUT2D eigenvalue weighted by Gasteiger charge is 2.18. The van der Waals surface area contributed by atoms with E-state index in [4.69, 9.17) is 17.3 Å². The molecular weight excluding hydrogens is 304 g/mol. The first-order valence-corrected chi connectivity index (χ1v) is 7.72. The summed E-state index contributed by atoms with van der Waals surface area (Å²) in [7, 11) is 0. The molecule has 2 aromatic rings. The Morgan fingerprint density at radius 2 is 2.19 bits per heavy atom. The quantitative estimate of drug-likeness (QED) is 0.665. The number of nitrogens with two attached hydrogens (primary N) is 1. The Labute approximate surface area is 133 Å². The predicted octanol–water partition coefficient (Wildman–Crippen LogP) is 4.12. The van der Waals surface area contributed by atoms with Gasteiger partial charge in [-0.2, -0.15) is 0 Å². The Morgan fingerprint density at radius 1 is 1.43 bits per heavy atom. The number of amides is 1. The van der Waals surface area contributed by atoms with Crippen molar-refractivity contribution in [2.24, 2.45) is 0 Å². The van der Waals surface area contributed by atoms with Crippen molar-refractivity contribution in [3.8, 4) is 0 Å². The topological polar surface area (TPSA) is 46.3 Å². The molecule has 5 heteroatoms. The van der Waals surface area contributed by atoms with Gasteiger partial charge in [-0.15, -0.1) is 17.9 Å². The Hall–Kier alpha value is -1.78. The number of carbonyl (C=O) groups is 1. The third-order valence-electron chi connectivity index (χ3n) is 3.22. The average molecular weight is 321 g/mol. The van der Waals surface area contributed by atoms with Crippen molar-refractivity contribution in [2.75, 3.05) is 12.3 Å². The third-order valence-corrected chi connectivity index (χ3v) is 4.43. The largest absolute Gasteiger partial charge is 0.398 e. The van der Waals surface area contributed by atoms with Gasteiger partial charge in [0.2, 0.25) is 0 Å². The summed E-state index contributed by atoms with van der Waals surface area (Å²) in [5.41, 5.74) is 7.94. The number of carbonyl (C=O) groups excluding carboxylic acids is 1. The molecule has 0 bridgehead atoms. The number of halogens is 1. The van der Waals surface area contributed by atoms with E-state index < -0.39 is 0 Å². The van der Waals surface area contributed by atoms with Crippen LogP contribution in [0.5, 0.6) is 0 Å². The van der Waals surface area contributed by atoms with Crippen molar-refractivity contribution < 1.29 is 4.79 Å². The Bertz CT molecular complexity index is 666. The fraction of sp³-hybridized carbons (Fsp3) is 0.188. The number of hydrogen-bond acceptors (Lipinski definition) is 3. The molecule has 1 aromatic heterocycles. The van der Waals surface area contributed by atoms with Crippen LogP contribution in [0.2, 0.25) is 4.34 Å². The Balaban J connectivity index is 2.26. The molecule has 0 atom stereocenters. The van der Waals surface area contributed by atoms with Crippen molar-refractivity contribution in [1.82, 2.24) is 4.90 Å². The van der Waals surface area contributed by atoms with Crippen LogP contribution in [0.25, 0.3) is 0 Å². The minimum Gasteiger partial charge on any atom is -0.398 e. The van der Waals surface area contributed by atoms with Gasteiger partial charge in [-0.25, -0.2) is 0 Å². The maximum atomic E-state index is 12.7. The summed E-state index contributed by atoms with van der Waals surface area (Å²) >= 11 is 7.42. The first-order chi connectivity index (χ1) is 10.0. The predicted molar refractivity (Wildman–Crippen MR) is 89.9 cm³/mol. The van der Waals surface area contributed by atoms with Crippen LogP contribution < -0.4 is 5.73 Å². The highest BCUT2D eigenvalue weighted by molar-refractivity contribution is 7.16. The highest BCUT2D eigenvalue weighted by atomic mass is 35.5. The second kappa shape index (κ2) is 6.78. The normalized spacial score (nSPS) is 10.4. The molecule has 2 N–H and O–H groups in total. The van der Waals surface area contributed by atoms with Crippen molar-refractivity contribution in [3.05, 3.63) is 63.3 Å². The van der Waals surface area contributed by atoms with E-state index in [1.54, 1.807) is 29.2 Å². The molecule has 0 aliphatic rings. The number of rotatable bonds is 5. The van der Waals surface area contributed by atoms with Gasteiger partial charge in [0.25, 0.3) is 5.91 Å². The number of hydrogen-bond donors (Lipinski definition) is 1. The van der Waals surface area contributed by atoms with E-state index in [2.05, 4.69) is 6.58 Å². The first kappa shape index (κ1) is 15.6. The summed E-state index contributed by atoms with van der Waals surface area (Å²) in [5, 5.41) is 0. The zero-order valence-electron chi connectivity index (χ0n) is 11.8. The molecule has 0 saturated carbocycles. The zero-order chi connectivity index (χ0) is 15.4. The standard InChI is InChI=1S/C16H17ClN2OS/c1-3-9-19(10-12-7-8-15(17)21-12)16(20)13-5-4-6-14(18)11(13)2/h3-8H,1,9-10,18H2,2H3. The SMILES string of the molecule is C=CCN(Cc1ccc(Cl)s1)C(=O)c1cccc(N)c1C. The van der Waals surface area contributed by atoms with Gasteiger partial charge in [-0.3, -0.25) is 4.79 Å². The molecule has 2 rings (SSSR count). The van der Waals surface area contributed by atoms with Crippen LogP contribution in [0, 0.1) is 6.92 Å². The summed E-state index contributed by atoms with van der Waals surface area (Å²) in [5.74, 6) is -0.0516. The van der Waals surface area contributed by atoms with Crippen LogP contribution in [0.4, 0.5) is 5.69 Å². The van der Waals surface area contributed by atoms with Gasteiger partial charge in [-0.05, 0) is 36.8 Å². The zero-order valence-corrected chi connectivity index (χ0v) is 13.4. The van der Waals surface area contributed by atoms with Gasteiger partial charge in [0.05, 0.1) is 10.9 Å². The molecule has 1 amide bonds. The third kappa shape index (κ3) is 3.65. The van der Waals surface area contributed by atoms with Crippen LogP contribution in [0.1, 0.15) is 20.8 Å². The molecule has 21 heavy (non-hydrogen) atoms. The van der Waals surface area contributed by atoms with Gasteiger partial charge in [0.15, 0.2) is 0 Å². The van der Waals surface area contributed by atoms with Crippen LogP contribution in [0.3, 0.4) is 0 Å². The maximum absolute atomic E-state index is 12.7. The van der Waals surface area contributed by atoms with Crippen molar-refractivity contribution in [2.45, 2.75) is 13.5 Å². The van der Waals surface area contributed by atoms with Crippen molar-refractivity contribution >= 4 is 34.5 Å². The fourth-order valence-corrected chi connectivity index (χ4v) is 3.16. The maximum Gasteiger partial charge on any atom is 0.254 e. The van der Waals surface area contributed by atoms with Gasteiger partial charge in [0, 0.05) is 22.7 Å². The molecule has 0 radical (unpaired) electrons. The molecule has 3 nitrogen and oxygen atoms in total. The van der Waals surface area contributed by atoms with Gasteiger partial charge in [-0.1, -0.05) is 23.7 Å².